The Bertz CT molecular complexity index is 566. The molecule has 1 aliphatic rings. The molecule has 1 heterocycles. The van der Waals surface area contributed by atoms with Gasteiger partial charge in [0.2, 0.25) is 0 Å². The number of benzene rings is 1. The van der Waals surface area contributed by atoms with E-state index in [2.05, 4.69) is 18.7 Å². The first-order valence-corrected chi connectivity index (χ1v) is 7.93. The zero-order chi connectivity index (χ0) is 16.8. The highest BCUT2D eigenvalue weighted by Crippen LogP contribution is 2.26. The maximum absolute atomic E-state index is 12.0. The van der Waals surface area contributed by atoms with Crippen LogP contribution in [0, 0.1) is 0 Å². The van der Waals surface area contributed by atoms with E-state index in [0.717, 1.165) is 25.2 Å². The van der Waals surface area contributed by atoms with E-state index in [1.165, 1.54) is 7.11 Å². The van der Waals surface area contributed by atoms with Crippen LogP contribution in [-0.4, -0.2) is 54.7 Å². The predicted molar refractivity (Wildman–Crippen MR) is 97.0 cm³/mol. The van der Waals surface area contributed by atoms with Gasteiger partial charge >= 0.3 is 0 Å². The van der Waals surface area contributed by atoms with Crippen LogP contribution in [0.2, 0.25) is 0 Å². The number of carbonyl (C=O) groups is 1. The molecule has 6 heteroatoms. The SMILES string of the molecule is COc1ccc(C=CC(=O)CCN2CC(C)OC(C)C2)cc1O.Cl. The second-order valence-corrected chi connectivity index (χ2v) is 6.00. The number of halogens is 1. The van der Waals surface area contributed by atoms with Crippen molar-refractivity contribution in [3.63, 3.8) is 0 Å². The van der Waals surface area contributed by atoms with E-state index in [1.807, 2.05) is 0 Å². The lowest BCUT2D eigenvalue weighted by atomic mass is 10.1. The smallest absolute Gasteiger partial charge is 0.160 e. The van der Waals surface area contributed by atoms with Crippen LogP contribution in [0.15, 0.2) is 24.3 Å². The third-order valence-corrected chi connectivity index (χ3v) is 3.83. The summed E-state index contributed by atoms with van der Waals surface area (Å²) in [4.78, 5) is 14.3. The fourth-order valence-electron chi connectivity index (χ4n) is 2.82. The molecule has 24 heavy (non-hydrogen) atoms. The molecule has 0 radical (unpaired) electrons. The van der Waals surface area contributed by atoms with Crippen molar-refractivity contribution < 1.29 is 19.4 Å². The maximum Gasteiger partial charge on any atom is 0.160 e. The van der Waals surface area contributed by atoms with E-state index in [0.29, 0.717) is 12.2 Å². The van der Waals surface area contributed by atoms with Crippen molar-refractivity contribution in [2.75, 3.05) is 26.7 Å². The molecule has 1 N–H and O–H groups in total. The number of rotatable bonds is 6. The van der Waals surface area contributed by atoms with Crippen LogP contribution in [-0.2, 0) is 9.53 Å². The van der Waals surface area contributed by atoms with Crippen molar-refractivity contribution in [3.05, 3.63) is 29.8 Å². The molecule has 2 rings (SSSR count). The Morgan fingerprint density at radius 3 is 2.62 bits per heavy atom. The molecule has 0 aliphatic carbocycles. The maximum atomic E-state index is 12.0. The number of methoxy groups -OCH3 is 1. The topological polar surface area (TPSA) is 59.0 Å². The fourth-order valence-corrected chi connectivity index (χ4v) is 2.82. The number of allylic oxidation sites excluding steroid dienone is 1. The van der Waals surface area contributed by atoms with Gasteiger partial charge in [0.1, 0.15) is 0 Å². The first kappa shape index (κ1) is 20.5. The summed E-state index contributed by atoms with van der Waals surface area (Å²) >= 11 is 0. The Hall–Kier alpha value is -1.56. The predicted octanol–water partition coefficient (Wildman–Crippen LogP) is 2.90. The Labute approximate surface area is 149 Å². The second-order valence-electron chi connectivity index (χ2n) is 6.00. The van der Waals surface area contributed by atoms with Crippen LogP contribution in [0.25, 0.3) is 6.08 Å². The highest BCUT2D eigenvalue weighted by Gasteiger charge is 2.21. The van der Waals surface area contributed by atoms with Gasteiger partial charge < -0.3 is 14.6 Å². The van der Waals surface area contributed by atoms with Gasteiger partial charge in [0.15, 0.2) is 17.3 Å². The Morgan fingerprint density at radius 2 is 2.04 bits per heavy atom. The first-order chi connectivity index (χ1) is 11.0. The normalized spacial score (nSPS) is 21.5. The highest BCUT2D eigenvalue weighted by atomic mass is 35.5. The number of carbonyl (C=O) groups excluding carboxylic acids is 1. The minimum atomic E-state index is 0. The zero-order valence-electron chi connectivity index (χ0n) is 14.4. The molecular weight excluding hydrogens is 330 g/mol. The lowest BCUT2D eigenvalue weighted by Crippen LogP contribution is -2.45. The molecule has 134 valence electrons. The Balaban J connectivity index is 0.00000288. The molecule has 1 aliphatic heterocycles. The summed E-state index contributed by atoms with van der Waals surface area (Å²) in [6, 6.07) is 5.05. The van der Waals surface area contributed by atoms with Crippen LogP contribution in [0.1, 0.15) is 25.8 Å². The average molecular weight is 356 g/mol. The summed E-state index contributed by atoms with van der Waals surface area (Å²) in [6.45, 7) is 6.59. The number of hydrogen-bond acceptors (Lipinski definition) is 5. The van der Waals surface area contributed by atoms with Crippen LogP contribution in [0.4, 0.5) is 0 Å². The molecule has 1 aromatic carbocycles. The quantitative estimate of drug-likeness (QED) is 0.795. The zero-order valence-corrected chi connectivity index (χ0v) is 15.2. The van der Waals surface area contributed by atoms with Crippen molar-refractivity contribution in [1.29, 1.82) is 0 Å². The van der Waals surface area contributed by atoms with E-state index in [9.17, 15) is 9.90 Å². The van der Waals surface area contributed by atoms with Crippen molar-refractivity contribution in [1.82, 2.24) is 4.90 Å². The minimum Gasteiger partial charge on any atom is -0.504 e. The summed E-state index contributed by atoms with van der Waals surface area (Å²) in [5.74, 6) is 0.564. The lowest BCUT2D eigenvalue weighted by molar-refractivity contribution is -0.116. The summed E-state index contributed by atoms with van der Waals surface area (Å²) in [6.07, 6.45) is 4.19. The van der Waals surface area contributed by atoms with Gasteiger partial charge in [0, 0.05) is 26.1 Å². The van der Waals surface area contributed by atoms with Crippen molar-refractivity contribution in [2.24, 2.45) is 0 Å². The number of morpholine rings is 1. The molecule has 0 spiro atoms. The van der Waals surface area contributed by atoms with E-state index in [4.69, 9.17) is 9.47 Å². The van der Waals surface area contributed by atoms with Crippen LogP contribution in [0.3, 0.4) is 0 Å². The van der Waals surface area contributed by atoms with E-state index < -0.39 is 0 Å². The van der Waals surface area contributed by atoms with Crippen LogP contribution >= 0.6 is 12.4 Å². The molecule has 0 amide bonds. The number of ether oxygens (including phenoxy) is 2. The summed E-state index contributed by atoms with van der Waals surface area (Å²) in [5, 5.41) is 9.72. The Kier molecular flexibility index (Phi) is 8.25. The Morgan fingerprint density at radius 1 is 1.38 bits per heavy atom. The molecule has 1 fully saturated rings. The van der Waals surface area contributed by atoms with Gasteiger partial charge in [-0.2, -0.15) is 0 Å². The fraction of sp³-hybridized carbons (Fsp3) is 0.500. The molecule has 5 nitrogen and oxygen atoms in total. The van der Waals surface area contributed by atoms with E-state index >= 15 is 0 Å². The van der Waals surface area contributed by atoms with E-state index in [1.54, 1.807) is 30.4 Å². The number of aromatic hydroxyl groups is 1. The van der Waals surface area contributed by atoms with Gasteiger partial charge in [-0.1, -0.05) is 12.1 Å². The van der Waals surface area contributed by atoms with Crippen molar-refractivity contribution in [2.45, 2.75) is 32.5 Å². The number of phenolic OH excluding ortho intramolecular Hbond substituents is 1. The highest BCUT2D eigenvalue weighted by molar-refractivity contribution is 5.93. The molecule has 2 unspecified atom stereocenters. The minimum absolute atomic E-state index is 0. The monoisotopic (exact) mass is 355 g/mol. The molecule has 0 bridgehead atoms. The number of ketones is 1. The second kappa shape index (κ2) is 9.67. The molecule has 0 saturated carbocycles. The average Bonchev–Trinajstić information content (AvgIpc) is 2.50. The first-order valence-electron chi connectivity index (χ1n) is 7.93. The van der Waals surface area contributed by atoms with Crippen molar-refractivity contribution in [3.8, 4) is 11.5 Å². The molecule has 2 atom stereocenters. The number of phenols is 1. The standard InChI is InChI=1S/C18H25NO4.ClH/c1-13-11-19(12-14(2)23-13)9-8-16(20)6-4-15-5-7-18(22-3)17(21)10-15;/h4-7,10,13-14,21H,8-9,11-12H2,1-3H3;1H. The van der Waals surface area contributed by atoms with Crippen LogP contribution in [0.5, 0.6) is 11.5 Å². The van der Waals surface area contributed by atoms with Gasteiger partial charge in [-0.3, -0.25) is 9.69 Å². The van der Waals surface area contributed by atoms with E-state index in [-0.39, 0.29) is 36.1 Å². The molecule has 1 saturated heterocycles. The molecule has 0 aromatic heterocycles. The van der Waals surface area contributed by atoms with Crippen molar-refractivity contribution >= 4 is 24.3 Å². The number of hydrogen-bond donors (Lipinski definition) is 1. The molecule has 1 aromatic rings. The van der Waals surface area contributed by atoms with Crippen LogP contribution < -0.4 is 4.74 Å². The number of nitrogens with zero attached hydrogens (tertiary/aromatic N) is 1. The van der Waals surface area contributed by atoms with Gasteiger partial charge in [-0.05, 0) is 37.6 Å². The summed E-state index contributed by atoms with van der Waals surface area (Å²) < 4.78 is 10.7. The third-order valence-electron chi connectivity index (χ3n) is 3.83. The van der Waals surface area contributed by atoms with Gasteiger partial charge in [-0.25, -0.2) is 0 Å². The summed E-state index contributed by atoms with van der Waals surface area (Å²) in [5.41, 5.74) is 0.769. The van der Waals surface area contributed by atoms with Gasteiger partial charge in [-0.15, -0.1) is 12.4 Å². The van der Waals surface area contributed by atoms with Gasteiger partial charge in [0.25, 0.3) is 0 Å². The lowest BCUT2D eigenvalue weighted by Gasteiger charge is -2.35. The largest absolute Gasteiger partial charge is 0.504 e. The molecular formula is C18H26ClNO4. The third kappa shape index (κ3) is 6.15. The van der Waals surface area contributed by atoms with Gasteiger partial charge in [0.05, 0.1) is 19.3 Å². The summed E-state index contributed by atoms with van der Waals surface area (Å²) in [7, 11) is 1.50.